The van der Waals surface area contributed by atoms with E-state index in [4.69, 9.17) is 25.1 Å². The third-order valence-electron chi connectivity index (χ3n) is 6.29. The monoisotopic (exact) mass is 482 g/mol. The van der Waals surface area contributed by atoms with E-state index >= 15 is 0 Å². The zero-order valence-corrected chi connectivity index (χ0v) is 21.1. The molecule has 2 aliphatic heterocycles. The van der Waals surface area contributed by atoms with Gasteiger partial charge in [0.15, 0.2) is 6.23 Å². The van der Waals surface area contributed by atoms with Crippen molar-refractivity contribution in [1.29, 1.82) is 0 Å². The Kier molecular flexibility index (Phi) is 8.49. The van der Waals surface area contributed by atoms with Crippen molar-refractivity contribution in [1.82, 2.24) is 14.2 Å². The molecule has 1 aromatic rings. The summed E-state index contributed by atoms with van der Waals surface area (Å²) in [4.78, 5) is 30.1. The van der Waals surface area contributed by atoms with Crippen LogP contribution in [0.15, 0.2) is 15.8 Å². The van der Waals surface area contributed by atoms with E-state index in [1.54, 1.807) is 6.92 Å². The van der Waals surface area contributed by atoms with E-state index in [2.05, 4.69) is 42.2 Å². The number of fused-ring (bicyclic) bond motifs is 2. The average Bonchev–Trinajstić information content (AvgIpc) is 2.89. The van der Waals surface area contributed by atoms with E-state index in [0.717, 1.165) is 0 Å². The molecule has 1 aromatic heterocycles. The first-order chi connectivity index (χ1) is 15.6. The molecular weight excluding hydrogens is 447 g/mol. The van der Waals surface area contributed by atoms with Crippen LogP contribution < -0.4 is 11.2 Å². The molecule has 5 atom stereocenters. The maximum absolute atomic E-state index is 12.5. The molecule has 3 heterocycles. The van der Waals surface area contributed by atoms with Gasteiger partial charge >= 0.3 is 5.69 Å². The highest BCUT2D eigenvalue weighted by Gasteiger charge is 2.57. The van der Waals surface area contributed by atoms with Crippen LogP contribution >= 0.6 is 8.53 Å². The molecule has 0 aliphatic carbocycles. The summed E-state index contributed by atoms with van der Waals surface area (Å²) in [6.45, 7) is 20.4. The van der Waals surface area contributed by atoms with E-state index in [1.807, 2.05) is 6.92 Å². The second kappa shape index (κ2) is 10.8. The van der Waals surface area contributed by atoms with E-state index in [9.17, 15) is 9.59 Å². The zero-order valence-electron chi connectivity index (χ0n) is 20.2. The predicted octanol–water partition coefficient (Wildman–Crippen LogP) is 2.84. The number of hydrogen-bond donors (Lipinski definition) is 1. The third kappa shape index (κ3) is 5.40. The van der Waals surface area contributed by atoms with E-state index in [0.29, 0.717) is 25.2 Å². The van der Waals surface area contributed by atoms with Gasteiger partial charge in [-0.15, -0.1) is 0 Å². The van der Waals surface area contributed by atoms with E-state index in [-0.39, 0.29) is 37.3 Å². The lowest BCUT2D eigenvalue weighted by Crippen LogP contribution is -2.46. The van der Waals surface area contributed by atoms with Crippen LogP contribution in [0.5, 0.6) is 0 Å². The minimum atomic E-state index is -1.41. The standard InChI is InChI=1S/C22H35N4O6P/c1-14(2)26(15(3)4)33(30-11-9-23-7)31-13-22-8-10-29-18(17(22)6)20(32-22)25-12-16(5)19(27)24-21(25)28/h12,14-15,17-18,20H,8-11,13H2,1-6H3,(H,24,27,28)/t17-,18+,20+,22+,33?/m0/s1. The summed E-state index contributed by atoms with van der Waals surface area (Å²) in [5.41, 5.74) is -1.15. The maximum Gasteiger partial charge on any atom is 0.330 e. The van der Waals surface area contributed by atoms with Crippen molar-refractivity contribution in [3.63, 3.8) is 0 Å². The summed E-state index contributed by atoms with van der Waals surface area (Å²) >= 11 is 0. The Balaban J connectivity index is 1.84. The number of H-pyrrole nitrogens is 1. The molecule has 0 radical (unpaired) electrons. The van der Waals surface area contributed by atoms with Gasteiger partial charge in [-0.25, -0.2) is 16.0 Å². The molecular formula is C22H35N4O6P. The van der Waals surface area contributed by atoms with Crippen LogP contribution in [0.3, 0.4) is 0 Å². The number of nitrogens with one attached hydrogen (secondary N) is 1. The molecule has 0 spiro atoms. The molecule has 10 nitrogen and oxygen atoms in total. The number of aromatic nitrogens is 2. The molecule has 0 amide bonds. The highest BCUT2D eigenvalue weighted by Crippen LogP contribution is 2.52. The number of aryl methyl sites for hydroxylation is 1. The minimum Gasteiger partial charge on any atom is -0.373 e. The van der Waals surface area contributed by atoms with Gasteiger partial charge in [0.25, 0.3) is 14.1 Å². The topological polar surface area (TPSA) is 99.4 Å². The molecule has 1 N–H and O–H groups in total. The molecule has 33 heavy (non-hydrogen) atoms. The Labute approximate surface area is 196 Å². The summed E-state index contributed by atoms with van der Waals surface area (Å²) in [5.74, 6) is -0.0398. The molecule has 0 saturated carbocycles. The van der Waals surface area contributed by atoms with Crippen molar-refractivity contribution < 1.29 is 18.5 Å². The fourth-order valence-corrected chi connectivity index (χ4v) is 6.21. The normalized spacial score (nSPS) is 27.9. The summed E-state index contributed by atoms with van der Waals surface area (Å²) in [6, 6.07) is 0.391. The first-order valence-corrected chi connectivity index (χ1v) is 12.5. The second-order valence-corrected chi connectivity index (χ2v) is 10.7. The van der Waals surface area contributed by atoms with Crippen LogP contribution in [0, 0.1) is 19.4 Å². The highest BCUT2D eigenvalue weighted by molar-refractivity contribution is 7.44. The van der Waals surface area contributed by atoms with Crippen LogP contribution in [0.2, 0.25) is 0 Å². The summed E-state index contributed by atoms with van der Waals surface area (Å²) in [7, 11) is -1.41. The van der Waals surface area contributed by atoms with E-state index in [1.165, 1.54) is 10.8 Å². The second-order valence-electron chi connectivity index (χ2n) is 9.22. The van der Waals surface area contributed by atoms with Crippen LogP contribution in [-0.2, 0) is 18.5 Å². The fraction of sp³-hybridized carbons (Fsp3) is 0.773. The number of nitrogens with zero attached hydrogens (tertiary/aromatic N) is 3. The smallest absolute Gasteiger partial charge is 0.330 e. The molecule has 1 unspecified atom stereocenters. The molecule has 2 saturated heterocycles. The highest BCUT2D eigenvalue weighted by atomic mass is 31.2. The van der Waals surface area contributed by atoms with Crippen LogP contribution in [0.4, 0.5) is 0 Å². The number of ether oxygens (including phenoxy) is 2. The SMILES string of the molecule is [C-]#[N+]CCOP(OC[C@@]12CCO[C@@H]([C@H](n3cc(C)c(=O)[nH]c3=O)O1)[C@@H]2C)N(C(C)C)C(C)C. The van der Waals surface area contributed by atoms with Gasteiger partial charge < -0.3 is 23.4 Å². The molecule has 2 aliphatic rings. The van der Waals surface area contributed by atoms with Gasteiger partial charge in [-0.1, -0.05) is 6.92 Å². The van der Waals surface area contributed by atoms with Crippen LogP contribution in [0.25, 0.3) is 4.85 Å². The Morgan fingerprint density at radius 2 is 2.03 bits per heavy atom. The van der Waals surface area contributed by atoms with Gasteiger partial charge in [0.1, 0.15) is 18.3 Å². The lowest BCUT2D eigenvalue weighted by molar-refractivity contribution is -0.110. The van der Waals surface area contributed by atoms with Crippen molar-refractivity contribution in [2.24, 2.45) is 5.92 Å². The first kappa shape index (κ1) is 26.0. The number of aromatic amines is 1. The molecule has 184 valence electrons. The Hall–Kier alpha value is -1.60. The molecule has 0 aromatic carbocycles. The molecule has 2 bridgehead atoms. The van der Waals surface area contributed by atoms with Crippen molar-refractivity contribution in [3.05, 3.63) is 44.0 Å². The number of rotatable bonds is 10. The van der Waals surface area contributed by atoms with Gasteiger partial charge in [0.2, 0.25) is 6.54 Å². The lowest BCUT2D eigenvalue weighted by atomic mass is 9.83. The minimum absolute atomic E-state index is 0.0398. The summed E-state index contributed by atoms with van der Waals surface area (Å²) in [5, 5.41) is 0. The molecule has 11 heteroatoms. The van der Waals surface area contributed by atoms with Gasteiger partial charge in [0, 0.05) is 36.2 Å². The van der Waals surface area contributed by atoms with Gasteiger partial charge in [-0.3, -0.25) is 14.3 Å². The predicted molar refractivity (Wildman–Crippen MR) is 125 cm³/mol. The Morgan fingerprint density at radius 3 is 2.67 bits per heavy atom. The van der Waals surface area contributed by atoms with Crippen LogP contribution in [0.1, 0.15) is 52.8 Å². The fourth-order valence-electron chi connectivity index (χ4n) is 4.54. The Morgan fingerprint density at radius 1 is 1.33 bits per heavy atom. The van der Waals surface area contributed by atoms with Gasteiger partial charge in [0.05, 0.1) is 13.2 Å². The zero-order chi connectivity index (χ0) is 24.3. The average molecular weight is 483 g/mol. The van der Waals surface area contributed by atoms with Crippen molar-refractivity contribution >= 4 is 8.53 Å². The molecule has 3 rings (SSSR count). The largest absolute Gasteiger partial charge is 0.373 e. The third-order valence-corrected chi connectivity index (χ3v) is 8.34. The quantitative estimate of drug-likeness (QED) is 0.311. The summed E-state index contributed by atoms with van der Waals surface area (Å²) < 4.78 is 28.5. The lowest BCUT2D eigenvalue weighted by Gasteiger charge is -2.40. The number of hydrogen-bond acceptors (Lipinski definition) is 7. The first-order valence-electron chi connectivity index (χ1n) is 11.4. The van der Waals surface area contributed by atoms with Crippen molar-refractivity contribution in [2.75, 3.05) is 26.4 Å². The summed E-state index contributed by atoms with van der Waals surface area (Å²) in [6.07, 6.45) is 1.14. The maximum atomic E-state index is 12.5. The molecule has 2 fully saturated rings. The van der Waals surface area contributed by atoms with Crippen LogP contribution in [-0.4, -0.2) is 64.4 Å². The van der Waals surface area contributed by atoms with Gasteiger partial charge in [-0.05, 0) is 34.6 Å². The Bertz CT molecular complexity index is 965. The van der Waals surface area contributed by atoms with Crippen molar-refractivity contribution in [3.8, 4) is 0 Å². The van der Waals surface area contributed by atoms with Gasteiger partial charge in [-0.2, -0.15) is 0 Å². The van der Waals surface area contributed by atoms with Crippen molar-refractivity contribution in [2.45, 2.75) is 78.0 Å². The van der Waals surface area contributed by atoms with E-state index < -0.39 is 31.6 Å².